The van der Waals surface area contributed by atoms with E-state index in [0.29, 0.717) is 5.56 Å². The van der Waals surface area contributed by atoms with E-state index in [4.69, 9.17) is 19.3 Å². The minimum Gasteiger partial charge on any atom is -0.478 e. The fourth-order valence-electron chi connectivity index (χ4n) is 4.42. The molecule has 0 bridgehead atoms. The Morgan fingerprint density at radius 2 is 0.818 bits per heavy atom. The van der Waals surface area contributed by atoms with Gasteiger partial charge in [0, 0.05) is 6.42 Å². The molecule has 4 aromatic rings. The first kappa shape index (κ1) is 31.6. The SMILES string of the molecule is O=C(O)c1ccccc1.O=C(O[C@H]1[C@H](O)[C@H](O)[C@@H](OC(=O)c2ccccc2)C[C@@H]1OC(=O)c1ccccc1)c1ccccc1. The fourth-order valence-corrected chi connectivity index (χ4v) is 4.42. The number of rotatable bonds is 7. The summed E-state index contributed by atoms with van der Waals surface area (Å²) in [5, 5.41) is 29.9. The first-order valence-electron chi connectivity index (χ1n) is 13.7. The Bertz CT molecular complexity index is 1530. The number of carboxylic acid groups (broad SMARTS) is 1. The molecule has 0 unspecified atom stereocenters. The molecule has 1 aliphatic rings. The lowest BCUT2D eigenvalue weighted by molar-refractivity contribution is -0.179. The first-order chi connectivity index (χ1) is 21.2. The molecule has 0 spiro atoms. The van der Waals surface area contributed by atoms with Crippen molar-refractivity contribution in [2.24, 2.45) is 0 Å². The summed E-state index contributed by atoms with van der Waals surface area (Å²) < 4.78 is 16.5. The molecule has 0 aromatic heterocycles. The van der Waals surface area contributed by atoms with Gasteiger partial charge in [-0.05, 0) is 48.5 Å². The van der Waals surface area contributed by atoms with Gasteiger partial charge in [-0.15, -0.1) is 0 Å². The van der Waals surface area contributed by atoms with E-state index < -0.39 is 54.4 Å². The Balaban J connectivity index is 0.000000421. The van der Waals surface area contributed by atoms with E-state index in [-0.39, 0.29) is 23.1 Å². The van der Waals surface area contributed by atoms with Crippen LogP contribution in [0.2, 0.25) is 0 Å². The molecule has 1 aliphatic carbocycles. The van der Waals surface area contributed by atoms with Crippen LogP contribution in [0.5, 0.6) is 0 Å². The van der Waals surface area contributed by atoms with Gasteiger partial charge < -0.3 is 29.5 Å². The Morgan fingerprint density at radius 3 is 1.18 bits per heavy atom. The van der Waals surface area contributed by atoms with Gasteiger partial charge in [-0.1, -0.05) is 72.8 Å². The molecule has 0 aliphatic heterocycles. The normalized spacial score (nSPS) is 20.6. The minimum atomic E-state index is -1.68. The van der Waals surface area contributed by atoms with Crippen molar-refractivity contribution in [2.75, 3.05) is 0 Å². The molecule has 10 heteroatoms. The predicted molar refractivity (Wildman–Crippen MR) is 157 cm³/mol. The maximum atomic E-state index is 12.7. The van der Waals surface area contributed by atoms with E-state index in [0.717, 1.165) is 0 Å². The number of hydrogen-bond donors (Lipinski definition) is 3. The second-order valence-corrected chi connectivity index (χ2v) is 9.74. The Labute approximate surface area is 253 Å². The van der Waals surface area contributed by atoms with Crippen molar-refractivity contribution in [1.29, 1.82) is 0 Å². The van der Waals surface area contributed by atoms with Gasteiger partial charge in [0.15, 0.2) is 6.10 Å². The molecule has 4 aromatic carbocycles. The third kappa shape index (κ3) is 8.37. The van der Waals surface area contributed by atoms with Crippen LogP contribution in [0.25, 0.3) is 0 Å². The topological polar surface area (TPSA) is 157 Å². The van der Waals surface area contributed by atoms with Crippen LogP contribution in [0.1, 0.15) is 47.9 Å². The van der Waals surface area contributed by atoms with E-state index in [2.05, 4.69) is 0 Å². The first-order valence-corrected chi connectivity index (χ1v) is 13.7. The van der Waals surface area contributed by atoms with Crippen LogP contribution < -0.4 is 0 Å². The van der Waals surface area contributed by atoms with Gasteiger partial charge in [0.05, 0.1) is 22.3 Å². The smallest absolute Gasteiger partial charge is 0.338 e. The maximum absolute atomic E-state index is 12.7. The highest BCUT2D eigenvalue weighted by molar-refractivity contribution is 5.91. The molecule has 1 fully saturated rings. The lowest BCUT2D eigenvalue weighted by Gasteiger charge is -2.41. The number of esters is 3. The number of carboxylic acids is 1. The zero-order valence-corrected chi connectivity index (χ0v) is 23.3. The van der Waals surface area contributed by atoms with Gasteiger partial charge in [0.25, 0.3) is 0 Å². The van der Waals surface area contributed by atoms with Crippen LogP contribution >= 0.6 is 0 Å². The number of aliphatic hydroxyl groups excluding tert-OH is 2. The number of aliphatic hydroxyl groups is 2. The van der Waals surface area contributed by atoms with E-state index in [1.54, 1.807) is 109 Å². The average Bonchev–Trinajstić information content (AvgIpc) is 3.07. The Hall–Kier alpha value is -5.32. The molecule has 0 amide bonds. The molecule has 5 rings (SSSR count). The van der Waals surface area contributed by atoms with Crippen molar-refractivity contribution in [2.45, 2.75) is 36.9 Å². The summed E-state index contributed by atoms with van der Waals surface area (Å²) in [7, 11) is 0. The summed E-state index contributed by atoms with van der Waals surface area (Å²) in [5.74, 6) is -3.07. The van der Waals surface area contributed by atoms with Gasteiger partial charge >= 0.3 is 23.9 Å². The third-order valence-corrected chi connectivity index (χ3v) is 6.71. The van der Waals surface area contributed by atoms with Crippen LogP contribution in [-0.4, -0.2) is 69.7 Å². The van der Waals surface area contributed by atoms with Crippen molar-refractivity contribution in [3.05, 3.63) is 144 Å². The van der Waals surface area contributed by atoms with Gasteiger partial charge in [0.1, 0.15) is 24.4 Å². The van der Waals surface area contributed by atoms with E-state index >= 15 is 0 Å². The van der Waals surface area contributed by atoms with Crippen LogP contribution in [0, 0.1) is 0 Å². The fraction of sp³-hybridized carbons (Fsp3) is 0.176. The Morgan fingerprint density at radius 1 is 0.477 bits per heavy atom. The summed E-state index contributed by atoms with van der Waals surface area (Å²) in [6.07, 6.45) is -7.25. The molecular weight excluding hydrogens is 568 g/mol. The highest BCUT2D eigenvalue weighted by atomic mass is 16.6. The molecular formula is C34H30O10. The highest BCUT2D eigenvalue weighted by Gasteiger charge is 2.49. The number of ether oxygens (including phenoxy) is 3. The summed E-state index contributed by atoms with van der Waals surface area (Å²) in [5.41, 5.74) is 1.06. The van der Waals surface area contributed by atoms with Gasteiger partial charge in [0.2, 0.25) is 0 Å². The van der Waals surface area contributed by atoms with Crippen molar-refractivity contribution < 1.29 is 48.7 Å². The Kier molecular flexibility index (Phi) is 10.9. The third-order valence-electron chi connectivity index (χ3n) is 6.71. The van der Waals surface area contributed by atoms with E-state index in [1.807, 2.05) is 0 Å². The standard InChI is InChI=1S/C27H24O8.C7H6O2/c28-22-20(33-25(30)17-10-4-1-5-11-17)16-21(34-26(31)18-12-6-2-7-13-18)24(23(22)29)35-27(32)19-14-8-3-9-15-19;8-7(9)6-4-2-1-3-5-6/h1-15,20-24,28-29H,16H2;1-5H,(H,8,9)/t20-,21-,22+,23+,24+;/m0./s1. The second-order valence-electron chi connectivity index (χ2n) is 9.74. The predicted octanol–water partition coefficient (Wildman–Crippen LogP) is 4.17. The quantitative estimate of drug-likeness (QED) is 0.208. The van der Waals surface area contributed by atoms with Crippen LogP contribution in [0.3, 0.4) is 0 Å². The number of carbonyl (C=O) groups is 4. The molecule has 10 nitrogen and oxygen atoms in total. The van der Waals surface area contributed by atoms with Crippen molar-refractivity contribution in [3.63, 3.8) is 0 Å². The molecule has 0 saturated heterocycles. The van der Waals surface area contributed by atoms with Gasteiger partial charge in [-0.3, -0.25) is 0 Å². The lowest BCUT2D eigenvalue weighted by atomic mass is 9.86. The minimum absolute atomic E-state index is 0.192. The highest BCUT2D eigenvalue weighted by Crippen LogP contribution is 2.30. The average molecular weight is 599 g/mol. The van der Waals surface area contributed by atoms with E-state index in [1.165, 1.54) is 12.1 Å². The molecule has 0 heterocycles. The largest absolute Gasteiger partial charge is 0.478 e. The molecule has 3 N–H and O–H groups in total. The summed E-state index contributed by atoms with van der Waals surface area (Å²) in [6.45, 7) is 0. The van der Waals surface area contributed by atoms with Crippen LogP contribution in [0.4, 0.5) is 0 Å². The van der Waals surface area contributed by atoms with Crippen molar-refractivity contribution in [1.82, 2.24) is 0 Å². The van der Waals surface area contributed by atoms with Crippen molar-refractivity contribution in [3.8, 4) is 0 Å². The summed E-state index contributed by atoms with van der Waals surface area (Å²) in [4.78, 5) is 48.2. The maximum Gasteiger partial charge on any atom is 0.338 e. The summed E-state index contributed by atoms with van der Waals surface area (Å²) in [6, 6.07) is 32.7. The zero-order chi connectivity index (χ0) is 31.5. The van der Waals surface area contributed by atoms with E-state index in [9.17, 15) is 29.4 Å². The molecule has 44 heavy (non-hydrogen) atoms. The van der Waals surface area contributed by atoms with Crippen LogP contribution in [0.15, 0.2) is 121 Å². The number of hydrogen-bond acceptors (Lipinski definition) is 9. The van der Waals surface area contributed by atoms with Gasteiger partial charge in [-0.2, -0.15) is 0 Å². The monoisotopic (exact) mass is 598 g/mol. The lowest BCUT2D eigenvalue weighted by Crippen LogP contribution is -2.59. The summed E-state index contributed by atoms with van der Waals surface area (Å²) >= 11 is 0. The molecule has 5 atom stereocenters. The van der Waals surface area contributed by atoms with Crippen LogP contribution in [-0.2, 0) is 14.2 Å². The van der Waals surface area contributed by atoms with Crippen molar-refractivity contribution >= 4 is 23.9 Å². The number of aromatic carboxylic acids is 1. The molecule has 226 valence electrons. The molecule has 0 radical (unpaired) electrons. The number of carbonyl (C=O) groups excluding carboxylic acids is 3. The second kappa shape index (κ2) is 15.2. The molecule has 1 saturated carbocycles. The van der Waals surface area contributed by atoms with Gasteiger partial charge in [-0.25, -0.2) is 19.2 Å². The number of benzene rings is 4. The zero-order valence-electron chi connectivity index (χ0n) is 23.3.